The van der Waals surface area contributed by atoms with E-state index in [4.69, 9.17) is 0 Å². The fraction of sp³-hybridized carbons (Fsp3) is 0.417. The summed E-state index contributed by atoms with van der Waals surface area (Å²) in [6, 6.07) is 0. The zero-order valence-corrected chi connectivity index (χ0v) is 12.8. The van der Waals surface area contributed by atoms with Gasteiger partial charge in [0.2, 0.25) is 5.43 Å². The molecule has 19 heavy (non-hydrogen) atoms. The van der Waals surface area contributed by atoms with Gasteiger partial charge >= 0.3 is 0 Å². The highest BCUT2D eigenvalue weighted by Crippen LogP contribution is 2.24. The lowest BCUT2D eigenvalue weighted by Gasteiger charge is -2.20. The number of hydrogen-bond donors (Lipinski definition) is 2. The Balaban J connectivity index is 2.48. The molecule has 5 nitrogen and oxygen atoms in total. The van der Waals surface area contributed by atoms with Crippen molar-refractivity contribution in [2.75, 3.05) is 6.26 Å². The molecule has 1 amide bonds. The molecule has 0 atom stereocenters. The van der Waals surface area contributed by atoms with Gasteiger partial charge in [-0.15, -0.1) is 11.3 Å². The lowest BCUT2D eigenvalue weighted by Crippen LogP contribution is -2.42. The molecular formula is C12H15N3O2S2. The molecule has 0 unspecified atom stereocenters. The number of carbonyl (C=O) groups is 1. The number of aromatic nitrogens is 2. The second-order valence-corrected chi connectivity index (χ2v) is 7.15. The molecule has 0 fully saturated rings. The first-order valence-corrected chi connectivity index (χ1v) is 7.74. The molecule has 0 bridgehead atoms. The SMILES string of the molecule is CSc1nc2[nH]cc(C(=O)NC(C)(C)C)c(=O)c2s1. The summed E-state index contributed by atoms with van der Waals surface area (Å²) in [4.78, 5) is 31.5. The maximum absolute atomic E-state index is 12.3. The van der Waals surface area contributed by atoms with Crippen molar-refractivity contribution >= 4 is 39.4 Å². The molecule has 2 rings (SSSR count). The van der Waals surface area contributed by atoms with Crippen LogP contribution in [0.3, 0.4) is 0 Å². The summed E-state index contributed by atoms with van der Waals surface area (Å²) in [6.07, 6.45) is 3.32. The minimum atomic E-state index is -0.378. The smallest absolute Gasteiger partial charge is 0.257 e. The topological polar surface area (TPSA) is 74.8 Å². The number of thiazole rings is 1. The molecule has 0 saturated heterocycles. The zero-order valence-electron chi connectivity index (χ0n) is 11.2. The Kier molecular flexibility index (Phi) is 3.69. The standard InChI is InChI=1S/C12H15N3O2S2/c1-12(2,3)15-10(17)6-5-13-9-8(7(6)16)19-11(14-9)18-4/h5H,1-4H3,(H,13,16)(H,15,17). The number of carbonyl (C=O) groups excluding carboxylic acids is 1. The summed E-state index contributed by atoms with van der Waals surface area (Å²) in [5.74, 6) is -0.366. The molecular weight excluding hydrogens is 282 g/mol. The lowest BCUT2D eigenvalue weighted by molar-refractivity contribution is 0.0918. The zero-order chi connectivity index (χ0) is 14.2. The van der Waals surface area contributed by atoms with Gasteiger partial charge < -0.3 is 10.3 Å². The molecule has 2 aromatic heterocycles. The van der Waals surface area contributed by atoms with Crippen molar-refractivity contribution in [3.05, 3.63) is 22.0 Å². The predicted molar refractivity (Wildman–Crippen MR) is 79.2 cm³/mol. The van der Waals surface area contributed by atoms with E-state index in [1.165, 1.54) is 29.3 Å². The van der Waals surface area contributed by atoms with Crippen LogP contribution in [0, 0.1) is 0 Å². The van der Waals surface area contributed by atoms with E-state index < -0.39 is 0 Å². The van der Waals surface area contributed by atoms with Gasteiger partial charge in [0.25, 0.3) is 5.91 Å². The maximum atomic E-state index is 12.3. The fourth-order valence-corrected chi connectivity index (χ4v) is 3.03. The van der Waals surface area contributed by atoms with Crippen LogP contribution in [0.15, 0.2) is 15.3 Å². The third-order valence-electron chi connectivity index (χ3n) is 2.32. The van der Waals surface area contributed by atoms with Crippen molar-refractivity contribution in [3.63, 3.8) is 0 Å². The number of thioether (sulfide) groups is 1. The van der Waals surface area contributed by atoms with E-state index in [1.54, 1.807) is 0 Å². The van der Waals surface area contributed by atoms with Crippen LogP contribution in [0.4, 0.5) is 0 Å². The van der Waals surface area contributed by atoms with Gasteiger partial charge in [-0.25, -0.2) is 4.98 Å². The highest BCUT2D eigenvalue weighted by molar-refractivity contribution is 8.00. The second-order valence-electron chi connectivity index (χ2n) is 5.10. The van der Waals surface area contributed by atoms with Crippen molar-refractivity contribution in [2.24, 2.45) is 0 Å². The van der Waals surface area contributed by atoms with Crippen molar-refractivity contribution in [1.82, 2.24) is 15.3 Å². The Morgan fingerprint density at radius 1 is 1.47 bits per heavy atom. The summed E-state index contributed by atoms with van der Waals surface area (Å²) >= 11 is 2.78. The Morgan fingerprint density at radius 2 is 2.16 bits per heavy atom. The minimum absolute atomic E-state index is 0.124. The Bertz CT molecular complexity index is 682. The number of nitrogens with zero attached hydrogens (tertiary/aromatic N) is 1. The minimum Gasteiger partial charge on any atom is -0.347 e. The predicted octanol–water partition coefficient (Wildman–Crippen LogP) is 2.23. The molecule has 102 valence electrons. The molecule has 2 aromatic rings. The highest BCUT2D eigenvalue weighted by atomic mass is 32.2. The largest absolute Gasteiger partial charge is 0.347 e. The van der Waals surface area contributed by atoms with Gasteiger partial charge in [0.05, 0.1) is 0 Å². The number of pyridine rings is 1. The second kappa shape index (κ2) is 4.97. The van der Waals surface area contributed by atoms with Crippen LogP contribution in [-0.2, 0) is 0 Å². The summed E-state index contributed by atoms with van der Waals surface area (Å²) in [7, 11) is 0. The van der Waals surface area contributed by atoms with E-state index in [0.717, 1.165) is 4.34 Å². The van der Waals surface area contributed by atoms with Gasteiger partial charge in [0.15, 0.2) is 9.99 Å². The van der Waals surface area contributed by atoms with Crippen LogP contribution < -0.4 is 10.7 Å². The molecule has 2 N–H and O–H groups in total. The average Bonchev–Trinajstić information content (AvgIpc) is 2.71. The summed E-state index contributed by atoms with van der Waals surface area (Å²) in [5, 5.41) is 2.78. The number of fused-ring (bicyclic) bond motifs is 1. The van der Waals surface area contributed by atoms with E-state index >= 15 is 0 Å². The first-order chi connectivity index (χ1) is 8.81. The van der Waals surface area contributed by atoms with Gasteiger partial charge in [-0.2, -0.15) is 0 Å². The first-order valence-electron chi connectivity index (χ1n) is 5.70. The van der Waals surface area contributed by atoms with Crippen molar-refractivity contribution in [2.45, 2.75) is 30.6 Å². The quantitative estimate of drug-likeness (QED) is 0.834. The maximum Gasteiger partial charge on any atom is 0.257 e. The molecule has 0 saturated carbocycles. The van der Waals surface area contributed by atoms with E-state index in [0.29, 0.717) is 10.3 Å². The number of H-pyrrole nitrogens is 1. The van der Waals surface area contributed by atoms with E-state index in [2.05, 4.69) is 15.3 Å². The van der Waals surface area contributed by atoms with Gasteiger partial charge in [-0.3, -0.25) is 9.59 Å². The van der Waals surface area contributed by atoms with Crippen LogP contribution >= 0.6 is 23.1 Å². The molecule has 7 heteroatoms. The number of nitrogens with one attached hydrogen (secondary N) is 2. The molecule has 0 aliphatic heterocycles. The average molecular weight is 297 g/mol. The third kappa shape index (κ3) is 2.98. The number of amides is 1. The van der Waals surface area contributed by atoms with E-state index in [1.807, 2.05) is 27.0 Å². The Hall–Kier alpha value is -1.34. The fourth-order valence-electron chi connectivity index (χ4n) is 1.54. The lowest BCUT2D eigenvalue weighted by atomic mass is 10.1. The molecule has 2 heterocycles. The van der Waals surface area contributed by atoms with Crippen LogP contribution in [0.1, 0.15) is 31.1 Å². The van der Waals surface area contributed by atoms with E-state index in [9.17, 15) is 9.59 Å². The first kappa shape index (κ1) is 14.1. The molecule has 0 aliphatic carbocycles. The van der Waals surface area contributed by atoms with Gasteiger partial charge in [0.1, 0.15) is 10.3 Å². The number of rotatable bonds is 2. The van der Waals surface area contributed by atoms with Gasteiger partial charge in [-0.1, -0.05) is 11.8 Å². The number of hydrogen-bond acceptors (Lipinski definition) is 5. The molecule has 0 radical (unpaired) electrons. The van der Waals surface area contributed by atoms with Crippen LogP contribution in [0.5, 0.6) is 0 Å². The van der Waals surface area contributed by atoms with Gasteiger partial charge in [0, 0.05) is 11.7 Å². The van der Waals surface area contributed by atoms with Gasteiger partial charge in [-0.05, 0) is 27.0 Å². The van der Waals surface area contributed by atoms with Crippen molar-refractivity contribution in [3.8, 4) is 0 Å². The van der Waals surface area contributed by atoms with E-state index in [-0.39, 0.29) is 22.4 Å². The van der Waals surface area contributed by atoms with Crippen LogP contribution in [-0.4, -0.2) is 27.7 Å². The third-order valence-corrected chi connectivity index (χ3v) is 4.36. The van der Waals surface area contributed by atoms with Crippen LogP contribution in [0.2, 0.25) is 0 Å². The molecule has 0 aliphatic rings. The number of aromatic amines is 1. The highest BCUT2D eigenvalue weighted by Gasteiger charge is 2.20. The molecule has 0 aromatic carbocycles. The monoisotopic (exact) mass is 297 g/mol. The Morgan fingerprint density at radius 3 is 2.74 bits per heavy atom. The Labute approximate surface area is 118 Å². The summed E-state index contributed by atoms with van der Waals surface area (Å²) in [6.45, 7) is 5.61. The van der Waals surface area contributed by atoms with Crippen LogP contribution in [0.25, 0.3) is 10.3 Å². The van der Waals surface area contributed by atoms with Crippen molar-refractivity contribution < 1.29 is 4.79 Å². The molecule has 0 spiro atoms. The van der Waals surface area contributed by atoms with Crippen molar-refractivity contribution in [1.29, 1.82) is 0 Å². The summed E-state index contributed by atoms with van der Waals surface area (Å²) < 4.78 is 1.29. The summed E-state index contributed by atoms with van der Waals surface area (Å²) in [5.41, 5.74) is 0.00931. The normalized spacial score (nSPS) is 11.8.